The fourth-order valence-electron chi connectivity index (χ4n) is 2.07. The third-order valence-corrected chi connectivity index (χ3v) is 4.86. The van der Waals surface area contributed by atoms with E-state index in [4.69, 9.17) is 4.74 Å². The van der Waals surface area contributed by atoms with E-state index in [1.165, 1.54) is 28.9 Å². The molecule has 0 radical (unpaired) electrons. The molecule has 0 aliphatic heterocycles. The number of anilines is 1. The first-order chi connectivity index (χ1) is 11.7. The van der Waals surface area contributed by atoms with Crippen molar-refractivity contribution >= 4 is 50.1 Å². The molecule has 5 nitrogen and oxygen atoms in total. The quantitative estimate of drug-likeness (QED) is 0.408. The largest absolute Gasteiger partial charge is 0.466 e. The highest BCUT2D eigenvalue weighted by atomic mass is 32.1. The van der Waals surface area contributed by atoms with Gasteiger partial charge in [-0.15, -0.1) is 22.7 Å². The molecular formula is C16H14FN3O2S2. The number of esters is 1. The molecule has 2 aromatic heterocycles. The maximum absolute atomic E-state index is 14.3. The Morgan fingerprint density at radius 2 is 2.29 bits per heavy atom. The third-order valence-electron chi connectivity index (χ3n) is 3.14. The molecule has 0 spiro atoms. The standard InChI is InChI=1S/C16H14FN3O2S2/c1-2-22-13(21)7-12-9-24-16(19-12)20-18-8-11-4-3-10-5-6-23-15(10)14(11)17/h3-6,8-9H,2,7H2,1H3,(H,19,20). The molecule has 1 N–H and O–H groups in total. The van der Waals surface area contributed by atoms with Crippen molar-refractivity contribution in [3.05, 3.63) is 46.0 Å². The van der Waals surface area contributed by atoms with Crippen LogP contribution in [0.2, 0.25) is 0 Å². The fraction of sp³-hybridized carbons (Fsp3) is 0.188. The average molecular weight is 363 g/mol. The van der Waals surface area contributed by atoms with E-state index < -0.39 is 0 Å². The molecule has 0 aliphatic carbocycles. The van der Waals surface area contributed by atoms with Crippen molar-refractivity contribution in [2.75, 3.05) is 12.0 Å². The molecule has 3 aromatic rings. The lowest BCUT2D eigenvalue weighted by Crippen LogP contribution is -2.07. The summed E-state index contributed by atoms with van der Waals surface area (Å²) in [5.74, 6) is -0.598. The highest BCUT2D eigenvalue weighted by molar-refractivity contribution is 7.17. The number of thiophene rings is 1. The van der Waals surface area contributed by atoms with Crippen LogP contribution >= 0.6 is 22.7 Å². The van der Waals surface area contributed by atoms with E-state index in [9.17, 15) is 9.18 Å². The Morgan fingerprint density at radius 3 is 3.12 bits per heavy atom. The van der Waals surface area contributed by atoms with Crippen LogP contribution in [0.1, 0.15) is 18.2 Å². The van der Waals surface area contributed by atoms with Gasteiger partial charge in [0.15, 0.2) is 0 Å². The number of hydrogen-bond donors (Lipinski definition) is 1. The SMILES string of the molecule is CCOC(=O)Cc1csc(NN=Cc2ccc3ccsc3c2F)n1. The van der Waals surface area contributed by atoms with Gasteiger partial charge in [0.2, 0.25) is 5.13 Å². The maximum atomic E-state index is 14.3. The molecule has 0 saturated carbocycles. The topological polar surface area (TPSA) is 63.6 Å². The summed E-state index contributed by atoms with van der Waals surface area (Å²) in [6.07, 6.45) is 1.54. The second-order valence-electron chi connectivity index (χ2n) is 4.80. The van der Waals surface area contributed by atoms with Crippen LogP contribution in [0.15, 0.2) is 34.1 Å². The number of rotatable bonds is 6. The minimum absolute atomic E-state index is 0.124. The fourth-order valence-corrected chi connectivity index (χ4v) is 3.57. The number of ether oxygens (including phenoxy) is 1. The van der Waals surface area contributed by atoms with Gasteiger partial charge in [0.05, 0.1) is 29.6 Å². The predicted octanol–water partition coefficient (Wildman–Crippen LogP) is 4.05. The molecule has 2 heterocycles. The van der Waals surface area contributed by atoms with E-state index in [1.807, 2.05) is 17.5 Å². The number of carbonyl (C=O) groups excluding carboxylic acids is 1. The Hall–Kier alpha value is -2.32. The second kappa shape index (κ2) is 7.50. The van der Waals surface area contributed by atoms with E-state index in [0.29, 0.717) is 27.7 Å². The van der Waals surface area contributed by atoms with Crippen molar-refractivity contribution in [2.24, 2.45) is 5.10 Å². The van der Waals surface area contributed by atoms with Crippen molar-refractivity contribution in [3.63, 3.8) is 0 Å². The van der Waals surface area contributed by atoms with E-state index in [1.54, 1.807) is 18.4 Å². The number of nitrogens with one attached hydrogen (secondary N) is 1. The van der Waals surface area contributed by atoms with E-state index >= 15 is 0 Å². The number of aromatic nitrogens is 1. The zero-order valence-electron chi connectivity index (χ0n) is 12.8. The second-order valence-corrected chi connectivity index (χ2v) is 6.58. The Bertz CT molecular complexity index is 888. The van der Waals surface area contributed by atoms with Gasteiger partial charge < -0.3 is 4.74 Å². The lowest BCUT2D eigenvalue weighted by atomic mass is 10.2. The van der Waals surface area contributed by atoms with Crippen molar-refractivity contribution in [1.29, 1.82) is 0 Å². The lowest BCUT2D eigenvalue weighted by Gasteiger charge is -1.99. The average Bonchev–Trinajstić information content (AvgIpc) is 3.19. The molecule has 0 fully saturated rings. The molecule has 124 valence electrons. The highest BCUT2D eigenvalue weighted by Gasteiger charge is 2.09. The van der Waals surface area contributed by atoms with Gasteiger partial charge in [-0.1, -0.05) is 6.07 Å². The van der Waals surface area contributed by atoms with Crippen LogP contribution in [0.25, 0.3) is 10.1 Å². The minimum atomic E-state index is -0.316. The molecule has 24 heavy (non-hydrogen) atoms. The number of benzene rings is 1. The molecule has 0 saturated heterocycles. The van der Waals surface area contributed by atoms with Gasteiger partial charge >= 0.3 is 5.97 Å². The first-order valence-corrected chi connectivity index (χ1v) is 8.98. The third kappa shape index (κ3) is 3.77. The van der Waals surface area contributed by atoms with Gasteiger partial charge in [-0.2, -0.15) is 5.10 Å². The Morgan fingerprint density at radius 1 is 1.42 bits per heavy atom. The molecule has 0 aliphatic rings. The molecule has 0 bridgehead atoms. The molecule has 0 unspecified atom stereocenters. The first-order valence-electron chi connectivity index (χ1n) is 7.22. The molecule has 8 heteroatoms. The van der Waals surface area contributed by atoms with E-state index in [-0.39, 0.29) is 18.2 Å². The summed E-state index contributed by atoms with van der Waals surface area (Å²) in [4.78, 5) is 15.6. The molecule has 0 amide bonds. The van der Waals surface area contributed by atoms with Crippen LogP contribution in [-0.4, -0.2) is 23.8 Å². The summed E-state index contributed by atoms with van der Waals surface area (Å²) >= 11 is 2.68. The molecule has 3 rings (SSSR count). The Kier molecular flexibility index (Phi) is 5.17. The van der Waals surface area contributed by atoms with Crippen LogP contribution in [0, 0.1) is 5.82 Å². The Labute approximate surface area is 145 Å². The van der Waals surface area contributed by atoms with Crippen molar-refractivity contribution in [3.8, 4) is 0 Å². The van der Waals surface area contributed by atoms with Crippen LogP contribution in [0.4, 0.5) is 9.52 Å². The van der Waals surface area contributed by atoms with E-state index in [2.05, 4.69) is 15.5 Å². The smallest absolute Gasteiger partial charge is 0.311 e. The van der Waals surface area contributed by atoms with E-state index in [0.717, 1.165) is 5.39 Å². The normalized spacial score (nSPS) is 11.2. The zero-order valence-corrected chi connectivity index (χ0v) is 14.4. The summed E-state index contributed by atoms with van der Waals surface area (Å²) < 4.78 is 19.8. The van der Waals surface area contributed by atoms with Crippen molar-refractivity contribution in [1.82, 2.24) is 4.98 Å². The van der Waals surface area contributed by atoms with Crippen LogP contribution in [0.3, 0.4) is 0 Å². The summed E-state index contributed by atoms with van der Waals surface area (Å²) in [6.45, 7) is 2.10. The van der Waals surface area contributed by atoms with Crippen LogP contribution in [-0.2, 0) is 16.0 Å². The number of halogens is 1. The number of nitrogens with zero attached hydrogens (tertiary/aromatic N) is 2. The van der Waals surface area contributed by atoms with Crippen LogP contribution in [0.5, 0.6) is 0 Å². The van der Waals surface area contributed by atoms with Gasteiger partial charge in [-0.05, 0) is 29.8 Å². The number of carbonyl (C=O) groups is 1. The van der Waals surface area contributed by atoms with Crippen molar-refractivity contribution in [2.45, 2.75) is 13.3 Å². The summed E-state index contributed by atoms with van der Waals surface area (Å²) in [6, 6.07) is 5.42. The summed E-state index contributed by atoms with van der Waals surface area (Å²) in [5, 5.41) is 9.04. The first kappa shape index (κ1) is 16.5. The molecule has 0 atom stereocenters. The number of hydrogen-bond acceptors (Lipinski definition) is 7. The van der Waals surface area contributed by atoms with Gasteiger partial charge in [-0.3, -0.25) is 10.2 Å². The van der Waals surface area contributed by atoms with Gasteiger partial charge in [0, 0.05) is 10.9 Å². The minimum Gasteiger partial charge on any atom is -0.466 e. The predicted molar refractivity (Wildman–Crippen MR) is 95.5 cm³/mol. The lowest BCUT2D eigenvalue weighted by molar-refractivity contribution is -0.142. The van der Waals surface area contributed by atoms with Crippen molar-refractivity contribution < 1.29 is 13.9 Å². The highest BCUT2D eigenvalue weighted by Crippen LogP contribution is 2.25. The van der Waals surface area contributed by atoms with Gasteiger partial charge in [0.25, 0.3) is 0 Å². The monoisotopic (exact) mass is 363 g/mol. The van der Waals surface area contributed by atoms with Gasteiger partial charge in [0.1, 0.15) is 5.82 Å². The number of hydrazone groups is 1. The number of fused-ring (bicyclic) bond motifs is 1. The summed E-state index contributed by atoms with van der Waals surface area (Å²) in [5.41, 5.74) is 3.77. The zero-order chi connectivity index (χ0) is 16.9. The Balaban J connectivity index is 1.64. The number of thiazole rings is 1. The van der Waals surface area contributed by atoms with Gasteiger partial charge in [-0.25, -0.2) is 9.37 Å². The summed E-state index contributed by atoms with van der Waals surface area (Å²) in [7, 11) is 0. The maximum Gasteiger partial charge on any atom is 0.311 e. The van der Waals surface area contributed by atoms with Crippen LogP contribution < -0.4 is 5.43 Å². The molecule has 1 aromatic carbocycles. The molecular weight excluding hydrogens is 349 g/mol.